The first-order valence-electron chi connectivity index (χ1n) is 5.87. The third kappa shape index (κ3) is 4.54. The maximum absolute atomic E-state index is 9.77. The molecule has 3 nitrogen and oxygen atoms in total. The largest absolute Gasteiger partial charge is 0.506 e. The number of methoxy groups -OCH3 is 1. The average Bonchev–Trinajstić information content (AvgIpc) is 2.31. The SMILES string of the molecule is CCCC(COC)NCc1cccc(Cl)c1O. The van der Waals surface area contributed by atoms with E-state index in [1.54, 1.807) is 13.2 Å². The minimum absolute atomic E-state index is 0.161. The Labute approximate surface area is 108 Å². The van der Waals surface area contributed by atoms with Gasteiger partial charge in [0.25, 0.3) is 0 Å². The van der Waals surface area contributed by atoms with Crippen LogP contribution in [0.2, 0.25) is 5.02 Å². The number of hydrogen-bond acceptors (Lipinski definition) is 3. The average molecular weight is 258 g/mol. The van der Waals surface area contributed by atoms with Crippen molar-refractivity contribution < 1.29 is 9.84 Å². The Bertz CT molecular complexity index is 338. The van der Waals surface area contributed by atoms with Gasteiger partial charge in [-0.2, -0.15) is 0 Å². The molecule has 0 saturated carbocycles. The van der Waals surface area contributed by atoms with E-state index < -0.39 is 0 Å². The van der Waals surface area contributed by atoms with E-state index in [2.05, 4.69) is 12.2 Å². The minimum atomic E-state index is 0.161. The molecule has 1 rings (SSSR count). The molecule has 2 N–H and O–H groups in total. The summed E-state index contributed by atoms with van der Waals surface area (Å²) in [5.74, 6) is 0.161. The van der Waals surface area contributed by atoms with Crippen LogP contribution in [0, 0.1) is 0 Å². The highest BCUT2D eigenvalue weighted by atomic mass is 35.5. The van der Waals surface area contributed by atoms with Gasteiger partial charge in [-0.05, 0) is 12.5 Å². The smallest absolute Gasteiger partial charge is 0.138 e. The molecular weight excluding hydrogens is 238 g/mol. The number of phenols is 1. The first-order valence-corrected chi connectivity index (χ1v) is 6.25. The standard InChI is InChI=1S/C13H20ClNO2/c1-3-5-11(9-17-2)15-8-10-6-4-7-12(14)13(10)16/h4,6-7,11,15-16H,3,5,8-9H2,1-2H3. The molecule has 1 unspecified atom stereocenters. The number of hydrogen-bond donors (Lipinski definition) is 2. The van der Waals surface area contributed by atoms with Crippen LogP contribution in [-0.4, -0.2) is 24.9 Å². The summed E-state index contributed by atoms with van der Waals surface area (Å²) in [5, 5.41) is 13.5. The highest BCUT2D eigenvalue weighted by Crippen LogP contribution is 2.26. The van der Waals surface area contributed by atoms with E-state index in [1.165, 1.54) is 0 Å². The predicted octanol–water partition coefficient (Wildman–Crippen LogP) is 2.95. The van der Waals surface area contributed by atoms with Crippen LogP contribution < -0.4 is 5.32 Å². The second-order valence-corrected chi connectivity index (χ2v) is 4.48. The zero-order chi connectivity index (χ0) is 12.7. The molecule has 4 heteroatoms. The summed E-state index contributed by atoms with van der Waals surface area (Å²) in [4.78, 5) is 0. The fourth-order valence-corrected chi connectivity index (χ4v) is 1.95. The number of nitrogens with one attached hydrogen (secondary N) is 1. The van der Waals surface area contributed by atoms with E-state index in [1.807, 2.05) is 12.1 Å². The van der Waals surface area contributed by atoms with Gasteiger partial charge in [-0.25, -0.2) is 0 Å². The Kier molecular flexibility index (Phi) is 6.34. The molecule has 0 radical (unpaired) electrons. The molecule has 96 valence electrons. The first-order chi connectivity index (χ1) is 8.19. The highest BCUT2D eigenvalue weighted by Gasteiger charge is 2.09. The summed E-state index contributed by atoms with van der Waals surface area (Å²) in [7, 11) is 1.70. The van der Waals surface area contributed by atoms with Crippen LogP contribution in [0.1, 0.15) is 25.3 Å². The summed E-state index contributed by atoms with van der Waals surface area (Å²) < 4.78 is 5.15. The van der Waals surface area contributed by atoms with E-state index in [9.17, 15) is 5.11 Å². The molecule has 0 aromatic heterocycles. The van der Waals surface area contributed by atoms with Gasteiger partial charge in [-0.3, -0.25) is 0 Å². The fraction of sp³-hybridized carbons (Fsp3) is 0.538. The Balaban J connectivity index is 2.55. The van der Waals surface area contributed by atoms with Crippen molar-refractivity contribution in [3.63, 3.8) is 0 Å². The van der Waals surface area contributed by atoms with Crippen molar-refractivity contribution in [3.05, 3.63) is 28.8 Å². The monoisotopic (exact) mass is 257 g/mol. The maximum atomic E-state index is 9.77. The molecule has 0 fully saturated rings. The summed E-state index contributed by atoms with van der Waals surface area (Å²) in [5.41, 5.74) is 0.815. The van der Waals surface area contributed by atoms with E-state index in [-0.39, 0.29) is 5.75 Å². The Morgan fingerprint density at radius 1 is 1.47 bits per heavy atom. The molecule has 1 aromatic rings. The molecule has 0 bridgehead atoms. The summed E-state index contributed by atoms with van der Waals surface area (Å²) in [6.45, 7) is 3.41. The molecule has 0 heterocycles. The number of para-hydroxylation sites is 1. The lowest BCUT2D eigenvalue weighted by atomic mass is 10.1. The van der Waals surface area contributed by atoms with Crippen LogP contribution in [0.3, 0.4) is 0 Å². The summed E-state index contributed by atoms with van der Waals surface area (Å²) in [6, 6.07) is 5.69. The van der Waals surface area contributed by atoms with Gasteiger partial charge < -0.3 is 15.2 Å². The maximum Gasteiger partial charge on any atom is 0.138 e. The predicted molar refractivity (Wildman–Crippen MR) is 70.5 cm³/mol. The van der Waals surface area contributed by atoms with Gasteiger partial charge in [-0.1, -0.05) is 37.1 Å². The third-order valence-electron chi connectivity index (χ3n) is 2.66. The van der Waals surface area contributed by atoms with Gasteiger partial charge in [0.1, 0.15) is 5.75 Å². The zero-order valence-corrected chi connectivity index (χ0v) is 11.1. The van der Waals surface area contributed by atoms with Crippen molar-refractivity contribution in [2.24, 2.45) is 0 Å². The van der Waals surface area contributed by atoms with Crippen LogP contribution >= 0.6 is 11.6 Å². The number of halogens is 1. The van der Waals surface area contributed by atoms with Crippen LogP contribution in [0.25, 0.3) is 0 Å². The van der Waals surface area contributed by atoms with Crippen LogP contribution in [-0.2, 0) is 11.3 Å². The normalized spacial score (nSPS) is 12.6. The lowest BCUT2D eigenvalue weighted by Gasteiger charge is -2.17. The first kappa shape index (κ1) is 14.3. The topological polar surface area (TPSA) is 41.5 Å². The molecule has 0 aliphatic carbocycles. The van der Waals surface area contributed by atoms with Gasteiger partial charge in [0.05, 0.1) is 11.6 Å². The molecule has 0 aliphatic heterocycles. The van der Waals surface area contributed by atoms with E-state index in [4.69, 9.17) is 16.3 Å². The summed E-state index contributed by atoms with van der Waals surface area (Å²) in [6.07, 6.45) is 2.15. The molecule has 17 heavy (non-hydrogen) atoms. The van der Waals surface area contributed by atoms with E-state index in [0.717, 1.165) is 18.4 Å². The molecule has 0 amide bonds. The summed E-state index contributed by atoms with van der Waals surface area (Å²) >= 11 is 5.85. The molecule has 0 aliphatic rings. The van der Waals surface area contributed by atoms with Crippen LogP contribution in [0.4, 0.5) is 0 Å². The minimum Gasteiger partial charge on any atom is -0.506 e. The number of phenolic OH excluding ortho intramolecular Hbond substituents is 1. The van der Waals surface area contributed by atoms with Gasteiger partial charge in [0, 0.05) is 25.3 Å². The van der Waals surface area contributed by atoms with Crippen LogP contribution in [0.15, 0.2) is 18.2 Å². The second kappa shape index (κ2) is 7.54. The quantitative estimate of drug-likeness (QED) is 0.789. The van der Waals surface area contributed by atoms with Crippen molar-refractivity contribution in [1.29, 1.82) is 0 Å². The van der Waals surface area contributed by atoms with Crippen molar-refractivity contribution in [2.75, 3.05) is 13.7 Å². The number of ether oxygens (including phenoxy) is 1. The van der Waals surface area contributed by atoms with Crippen molar-refractivity contribution in [1.82, 2.24) is 5.32 Å². The van der Waals surface area contributed by atoms with Gasteiger partial charge in [0.2, 0.25) is 0 Å². The van der Waals surface area contributed by atoms with E-state index in [0.29, 0.717) is 24.2 Å². The zero-order valence-electron chi connectivity index (χ0n) is 10.4. The highest BCUT2D eigenvalue weighted by molar-refractivity contribution is 6.32. The Morgan fingerprint density at radius 3 is 2.88 bits per heavy atom. The van der Waals surface area contributed by atoms with Gasteiger partial charge in [-0.15, -0.1) is 0 Å². The van der Waals surface area contributed by atoms with Gasteiger partial charge >= 0.3 is 0 Å². The number of benzene rings is 1. The molecule has 0 spiro atoms. The van der Waals surface area contributed by atoms with Crippen molar-refractivity contribution >= 4 is 11.6 Å². The molecule has 1 atom stereocenters. The van der Waals surface area contributed by atoms with Gasteiger partial charge in [0.15, 0.2) is 0 Å². The van der Waals surface area contributed by atoms with Crippen molar-refractivity contribution in [3.8, 4) is 5.75 Å². The molecule has 1 aromatic carbocycles. The van der Waals surface area contributed by atoms with Crippen LogP contribution in [0.5, 0.6) is 5.75 Å². The lowest BCUT2D eigenvalue weighted by molar-refractivity contribution is 0.161. The Hall–Kier alpha value is -0.770. The third-order valence-corrected chi connectivity index (χ3v) is 2.96. The second-order valence-electron chi connectivity index (χ2n) is 4.07. The Morgan fingerprint density at radius 2 is 2.24 bits per heavy atom. The number of aromatic hydroxyl groups is 1. The fourth-order valence-electron chi connectivity index (χ4n) is 1.75. The lowest BCUT2D eigenvalue weighted by Crippen LogP contribution is -2.32. The molecular formula is C13H20ClNO2. The van der Waals surface area contributed by atoms with E-state index >= 15 is 0 Å². The van der Waals surface area contributed by atoms with Crippen molar-refractivity contribution in [2.45, 2.75) is 32.4 Å². The number of rotatable bonds is 7. The molecule has 0 saturated heterocycles.